The molecule has 0 unspecified atom stereocenters. The van der Waals surface area contributed by atoms with Crippen LogP contribution in [0, 0.1) is 17.0 Å². The molecular formula is C13H10ClN3O3. The number of rotatable bonds is 3. The number of nitro groups is 1. The van der Waals surface area contributed by atoms with Crippen LogP contribution in [0.5, 0.6) is 0 Å². The first-order chi connectivity index (χ1) is 9.47. The number of aryl methyl sites for hydroxylation is 1. The highest BCUT2D eigenvalue weighted by Crippen LogP contribution is 2.23. The first-order valence-electron chi connectivity index (χ1n) is 5.64. The Labute approximate surface area is 119 Å². The normalized spacial score (nSPS) is 10.1. The van der Waals surface area contributed by atoms with Crippen molar-refractivity contribution in [1.29, 1.82) is 0 Å². The highest BCUT2D eigenvalue weighted by atomic mass is 35.5. The predicted octanol–water partition coefficient (Wildman–Crippen LogP) is 3.20. The lowest BCUT2D eigenvalue weighted by atomic mass is 10.1. The summed E-state index contributed by atoms with van der Waals surface area (Å²) < 4.78 is 0. The summed E-state index contributed by atoms with van der Waals surface area (Å²) in [5.41, 5.74) is 0.934. The van der Waals surface area contributed by atoms with E-state index in [0.29, 0.717) is 5.69 Å². The molecule has 20 heavy (non-hydrogen) atoms. The maximum absolute atomic E-state index is 12.1. The molecule has 1 aromatic carbocycles. The summed E-state index contributed by atoms with van der Waals surface area (Å²) in [5.74, 6) is -0.605. The molecule has 2 aromatic rings. The molecule has 0 radical (unpaired) electrons. The van der Waals surface area contributed by atoms with Crippen LogP contribution in [0.1, 0.15) is 15.9 Å². The molecule has 0 aliphatic heterocycles. The third-order valence-electron chi connectivity index (χ3n) is 2.53. The van der Waals surface area contributed by atoms with E-state index < -0.39 is 10.8 Å². The molecule has 2 rings (SSSR count). The lowest BCUT2D eigenvalue weighted by Gasteiger charge is -2.06. The first-order valence-corrected chi connectivity index (χ1v) is 6.02. The number of nitrogens with zero attached hydrogens (tertiary/aromatic N) is 2. The molecule has 1 amide bonds. The second-order valence-electron chi connectivity index (χ2n) is 4.12. The van der Waals surface area contributed by atoms with Crippen LogP contribution in [-0.2, 0) is 0 Å². The van der Waals surface area contributed by atoms with Gasteiger partial charge in [0.1, 0.15) is 5.56 Å². The topological polar surface area (TPSA) is 85.1 Å². The van der Waals surface area contributed by atoms with E-state index in [2.05, 4.69) is 10.3 Å². The Balaban J connectivity index is 2.34. The first kappa shape index (κ1) is 14.0. The van der Waals surface area contributed by atoms with Crippen LogP contribution < -0.4 is 5.32 Å². The third kappa shape index (κ3) is 3.10. The van der Waals surface area contributed by atoms with E-state index in [1.807, 2.05) is 6.92 Å². The van der Waals surface area contributed by atoms with Gasteiger partial charge in [-0.05, 0) is 30.7 Å². The Bertz CT molecular complexity index is 688. The molecule has 0 saturated heterocycles. The van der Waals surface area contributed by atoms with Crippen LogP contribution in [0.15, 0.2) is 36.7 Å². The number of benzene rings is 1. The van der Waals surface area contributed by atoms with Gasteiger partial charge in [0.25, 0.3) is 11.6 Å². The van der Waals surface area contributed by atoms with E-state index in [0.717, 1.165) is 5.56 Å². The standard InChI is InChI=1S/C13H10ClN3O3/c1-8-4-10(7-15-6-8)16-13(18)11-5-9(14)2-3-12(11)17(19)20/h2-7H,1H3,(H,16,18). The molecule has 102 valence electrons. The average Bonchev–Trinajstić information content (AvgIpc) is 2.38. The van der Waals surface area contributed by atoms with E-state index >= 15 is 0 Å². The van der Waals surface area contributed by atoms with Crippen molar-refractivity contribution in [1.82, 2.24) is 4.98 Å². The summed E-state index contributed by atoms with van der Waals surface area (Å²) in [7, 11) is 0. The van der Waals surface area contributed by atoms with Gasteiger partial charge in [0.2, 0.25) is 0 Å². The highest BCUT2D eigenvalue weighted by Gasteiger charge is 2.20. The molecule has 7 heteroatoms. The Morgan fingerprint density at radius 2 is 2.10 bits per heavy atom. The molecule has 0 bridgehead atoms. The monoisotopic (exact) mass is 291 g/mol. The number of nitro benzene ring substituents is 1. The minimum Gasteiger partial charge on any atom is -0.320 e. The van der Waals surface area contributed by atoms with Gasteiger partial charge in [0.15, 0.2) is 0 Å². The maximum Gasteiger partial charge on any atom is 0.282 e. The van der Waals surface area contributed by atoms with Gasteiger partial charge in [-0.2, -0.15) is 0 Å². The number of hydrogen-bond acceptors (Lipinski definition) is 4. The van der Waals surface area contributed by atoms with Gasteiger partial charge in [-0.25, -0.2) is 0 Å². The number of carbonyl (C=O) groups excluding carboxylic acids is 1. The average molecular weight is 292 g/mol. The number of aromatic nitrogens is 1. The fourth-order valence-corrected chi connectivity index (χ4v) is 1.84. The van der Waals surface area contributed by atoms with Crippen molar-refractivity contribution in [3.63, 3.8) is 0 Å². The molecule has 0 saturated carbocycles. The van der Waals surface area contributed by atoms with Gasteiger partial charge >= 0.3 is 0 Å². The van der Waals surface area contributed by atoms with Crippen LogP contribution in [0.2, 0.25) is 5.02 Å². The molecule has 0 aliphatic rings. The quantitative estimate of drug-likeness (QED) is 0.695. The Morgan fingerprint density at radius 1 is 1.35 bits per heavy atom. The number of carbonyl (C=O) groups is 1. The SMILES string of the molecule is Cc1cncc(NC(=O)c2cc(Cl)ccc2[N+](=O)[O-])c1. The second-order valence-corrected chi connectivity index (χ2v) is 4.56. The minimum atomic E-state index is -0.625. The van der Waals surface area contributed by atoms with Gasteiger partial charge in [-0.3, -0.25) is 19.9 Å². The lowest BCUT2D eigenvalue weighted by Crippen LogP contribution is -2.14. The van der Waals surface area contributed by atoms with E-state index in [-0.39, 0.29) is 16.3 Å². The van der Waals surface area contributed by atoms with Crippen LogP contribution in [0.3, 0.4) is 0 Å². The minimum absolute atomic E-state index is 0.0935. The molecular weight excluding hydrogens is 282 g/mol. The molecule has 0 spiro atoms. The number of anilines is 1. The maximum atomic E-state index is 12.1. The molecule has 0 atom stereocenters. The smallest absolute Gasteiger partial charge is 0.282 e. The van der Waals surface area contributed by atoms with Crippen molar-refractivity contribution in [3.8, 4) is 0 Å². The van der Waals surface area contributed by atoms with Crippen molar-refractivity contribution < 1.29 is 9.72 Å². The molecule has 1 heterocycles. The number of pyridine rings is 1. The van der Waals surface area contributed by atoms with Crippen molar-refractivity contribution in [3.05, 3.63) is 62.9 Å². The van der Waals surface area contributed by atoms with Crippen LogP contribution in [0.4, 0.5) is 11.4 Å². The van der Waals surface area contributed by atoms with Gasteiger partial charge in [-0.15, -0.1) is 0 Å². The van der Waals surface area contributed by atoms with Gasteiger partial charge in [0.05, 0.1) is 16.8 Å². The number of halogens is 1. The van der Waals surface area contributed by atoms with Crippen molar-refractivity contribution >= 4 is 28.9 Å². The van der Waals surface area contributed by atoms with Gasteiger partial charge in [0, 0.05) is 17.3 Å². The molecule has 0 fully saturated rings. The molecule has 1 N–H and O–H groups in total. The van der Waals surface area contributed by atoms with Crippen molar-refractivity contribution in [2.75, 3.05) is 5.32 Å². The van der Waals surface area contributed by atoms with E-state index in [9.17, 15) is 14.9 Å². The third-order valence-corrected chi connectivity index (χ3v) is 2.77. The summed E-state index contributed by atoms with van der Waals surface area (Å²) in [5, 5.41) is 13.7. The van der Waals surface area contributed by atoms with Crippen LogP contribution in [0.25, 0.3) is 0 Å². The van der Waals surface area contributed by atoms with E-state index in [1.54, 1.807) is 12.3 Å². The summed E-state index contributed by atoms with van der Waals surface area (Å²) in [6.07, 6.45) is 3.10. The van der Waals surface area contributed by atoms with Gasteiger partial charge in [-0.1, -0.05) is 11.6 Å². The van der Waals surface area contributed by atoms with E-state index in [1.165, 1.54) is 24.4 Å². The predicted molar refractivity (Wildman–Crippen MR) is 75.0 cm³/mol. The summed E-state index contributed by atoms with van der Waals surface area (Å²) >= 11 is 5.78. The van der Waals surface area contributed by atoms with Crippen molar-refractivity contribution in [2.24, 2.45) is 0 Å². The Kier molecular flexibility index (Phi) is 3.95. The number of nitrogens with one attached hydrogen (secondary N) is 1. The second kappa shape index (κ2) is 5.66. The zero-order chi connectivity index (χ0) is 14.7. The highest BCUT2D eigenvalue weighted by molar-refractivity contribution is 6.31. The number of amides is 1. The van der Waals surface area contributed by atoms with Crippen molar-refractivity contribution in [2.45, 2.75) is 6.92 Å². The summed E-state index contributed by atoms with van der Waals surface area (Å²) in [6, 6.07) is 5.54. The lowest BCUT2D eigenvalue weighted by molar-refractivity contribution is -0.385. The summed E-state index contributed by atoms with van der Waals surface area (Å²) in [6.45, 7) is 1.82. The van der Waals surface area contributed by atoms with E-state index in [4.69, 9.17) is 11.6 Å². The molecule has 0 aliphatic carbocycles. The molecule has 6 nitrogen and oxygen atoms in total. The zero-order valence-corrected chi connectivity index (χ0v) is 11.2. The fraction of sp³-hybridized carbons (Fsp3) is 0.0769. The zero-order valence-electron chi connectivity index (χ0n) is 10.5. The Hall–Kier alpha value is -2.47. The fourth-order valence-electron chi connectivity index (χ4n) is 1.67. The largest absolute Gasteiger partial charge is 0.320 e. The van der Waals surface area contributed by atoms with Crippen LogP contribution in [-0.4, -0.2) is 15.8 Å². The molecule has 1 aromatic heterocycles. The summed E-state index contributed by atoms with van der Waals surface area (Å²) in [4.78, 5) is 26.3. The van der Waals surface area contributed by atoms with Gasteiger partial charge < -0.3 is 5.32 Å². The number of hydrogen-bond donors (Lipinski definition) is 1. The van der Waals surface area contributed by atoms with Crippen LogP contribution >= 0.6 is 11.6 Å². The Morgan fingerprint density at radius 3 is 2.75 bits per heavy atom.